The summed E-state index contributed by atoms with van der Waals surface area (Å²) in [4.78, 5) is 11.8. The maximum atomic E-state index is 11.8. The fourth-order valence-corrected chi connectivity index (χ4v) is 2.62. The summed E-state index contributed by atoms with van der Waals surface area (Å²) in [5.74, 6) is 0.138. The van der Waals surface area contributed by atoms with Crippen LogP contribution in [0.3, 0.4) is 0 Å². The predicted molar refractivity (Wildman–Crippen MR) is 66.9 cm³/mol. The van der Waals surface area contributed by atoms with E-state index in [1.807, 2.05) is 12.1 Å². The summed E-state index contributed by atoms with van der Waals surface area (Å²) >= 11 is 0. The maximum absolute atomic E-state index is 11.8. The van der Waals surface area contributed by atoms with E-state index in [0.29, 0.717) is 0 Å². The van der Waals surface area contributed by atoms with Gasteiger partial charge in [0.15, 0.2) is 0 Å². The molecule has 0 aromatic heterocycles. The molecule has 0 saturated carbocycles. The van der Waals surface area contributed by atoms with Crippen LogP contribution >= 0.6 is 0 Å². The zero-order chi connectivity index (χ0) is 12.3. The maximum Gasteiger partial charge on any atom is 0.309 e. The molecule has 1 fully saturated rings. The fourth-order valence-electron chi connectivity index (χ4n) is 2.62. The molecule has 1 aliphatic rings. The minimum Gasteiger partial charge on any atom is -0.469 e. The van der Waals surface area contributed by atoms with Crippen LogP contribution in [0.4, 0.5) is 0 Å². The number of benzene rings is 1. The minimum absolute atomic E-state index is 0.0117. The molecular formula is C14H19NO2. The molecule has 1 heterocycles. The monoisotopic (exact) mass is 233 g/mol. The second-order valence-electron chi connectivity index (χ2n) is 4.59. The number of methoxy groups -OCH3 is 1. The van der Waals surface area contributed by atoms with Crippen LogP contribution in [-0.2, 0) is 9.53 Å². The number of esters is 1. The number of ether oxygens (including phenoxy) is 1. The first-order valence-electron chi connectivity index (χ1n) is 6.08. The lowest BCUT2D eigenvalue weighted by Crippen LogP contribution is -2.39. The molecule has 0 aliphatic carbocycles. The molecule has 3 heteroatoms. The van der Waals surface area contributed by atoms with E-state index in [-0.39, 0.29) is 17.8 Å². The standard InChI is InChI=1S/C14H19NO2/c1-10-5-3-4-6-11(10)13-9-15-8-7-12(13)14(16)17-2/h3-6,12-13,15H,7-9H2,1-2H3/t12-,13+/m0/s1. The highest BCUT2D eigenvalue weighted by Gasteiger charge is 2.33. The van der Waals surface area contributed by atoms with Crippen molar-refractivity contribution in [2.45, 2.75) is 19.3 Å². The van der Waals surface area contributed by atoms with Gasteiger partial charge in [0.1, 0.15) is 0 Å². The summed E-state index contributed by atoms with van der Waals surface area (Å²) in [6.07, 6.45) is 0.853. The van der Waals surface area contributed by atoms with Crippen molar-refractivity contribution in [2.24, 2.45) is 5.92 Å². The van der Waals surface area contributed by atoms with Crippen LogP contribution in [0.15, 0.2) is 24.3 Å². The first-order chi connectivity index (χ1) is 8.24. The lowest BCUT2D eigenvalue weighted by molar-refractivity contribution is -0.147. The number of nitrogens with one attached hydrogen (secondary N) is 1. The van der Waals surface area contributed by atoms with Crippen molar-refractivity contribution in [3.05, 3.63) is 35.4 Å². The Labute approximate surface area is 102 Å². The summed E-state index contributed by atoms with van der Waals surface area (Å²) in [6.45, 7) is 3.84. The number of aryl methyl sites for hydroxylation is 1. The number of carbonyl (C=O) groups is 1. The van der Waals surface area contributed by atoms with Gasteiger partial charge in [0.05, 0.1) is 13.0 Å². The largest absolute Gasteiger partial charge is 0.469 e. The Balaban J connectivity index is 2.28. The third-order valence-electron chi connectivity index (χ3n) is 3.57. The summed E-state index contributed by atoms with van der Waals surface area (Å²) in [6, 6.07) is 8.27. The molecule has 2 atom stereocenters. The number of carbonyl (C=O) groups excluding carboxylic acids is 1. The van der Waals surface area contributed by atoms with Gasteiger partial charge < -0.3 is 10.1 Å². The van der Waals surface area contributed by atoms with E-state index in [0.717, 1.165) is 19.5 Å². The van der Waals surface area contributed by atoms with E-state index in [2.05, 4.69) is 24.4 Å². The Morgan fingerprint density at radius 3 is 2.88 bits per heavy atom. The van der Waals surface area contributed by atoms with E-state index in [1.54, 1.807) is 0 Å². The highest BCUT2D eigenvalue weighted by molar-refractivity contribution is 5.74. The van der Waals surface area contributed by atoms with Crippen LogP contribution in [0.5, 0.6) is 0 Å². The Morgan fingerprint density at radius 2 is 2.18 bits per heavy atom. The van der Waals surface area contributed by atoms with Crippen molar-refractivity contribution in [1.29, 1.82) is 0 Å². The average molecular weight is 233 g/mol. The van der Waals surface area contributed by atoms with Gasteiger partial charge in [-0.2, -0.15) is 0 Å². The molecule has 1 aromatic rings. The number of hydrogen-bond donors (Lipinski definition) is 1. The van der Waals surface area contributed by atoms with Gasteiger partial charge in [-0.05, 0) is 31.0 Å². The summed E-state index contributed by atoms with van der Waals surface area (Å²) in [7, 11) is 1.47. The zero-order valence-corrected chi connectivity index (χ0v) is 10.4. The van der Waals surface area contributed by atoms with Crippen molar-refractivity contribution in [2.75, 3.05) is 20.2 Å². The lowest BCUT2D eigenvalue weighted by Gasteiger charge is -2.31. The van der Waals surface area contributed by atoms with E-state index < -0.39 is 0 Å². The molecule has 0 bridgehead atoms. The van der Waals surface area contributed by atoms with Crippen LogP contribution < -0.4 is 5.32 Å². The zero-order valence-electron chi connectivity index (χ0n) is 10.4. The molecule has 1 aromatic carbocycles. The van der Waals surface area contributed by atoms with E-state index >= 15 is 0 Å². The van der Waals surface area contributed by atoms with Gasteiger partial charge in [-0.25, -0.2) is 0 Å². The van der Waals surface area contributed by atoms with Crippen molar-refractivity contribution in [1.82, 2.24) is 5.32 Å². The second-order valence-corrected chi connectivity index (χ2v) is 4.59. The molecular weight excluding hydrogens is 214 g/mol. The normalized spacial score (nSPS) is 24.4. The van der Waals surface area contributed by atoms with Gasteiger partial charge >= 0.3 is 5.97 Å². The summed E-state index contributed by atoms with van der Waals surface area (Å²) in [5.41, 5.74) is 2.50. The molecule has 3 nitrogen and oxygen atoms in total. The fraction of sp³-hybridized carbons (Fsp3) is 0.500. The molecule has 0 unspecified atom stereocenters. The molecule has 1 saturated heterocycles. The van der Waals surface area contributed by atoms with Crippen LogP contribution in [0.25, 0.3) is 0 Å². The van der Waals surface area contributed by atoms with Crippen LogP contribution in [0.2, 0.25) is 0 Å². The Morgan fingerprint density at radius 1 is 1.41 bits per heavy atom. The van der Waals surface area contributed by atoms with Gasteiger partial charge in [0, 0.05) is 12.5 Å². The van der Waals surface area contributed by atoms with Crippen molar-refractivity contribution in [3.63, 3.8) is 0 Å². The highest BCUT2D eigenvalue weighted by atomic mass is 16.5. The smallest absolute Gasteiger partial charge is 0.309 e. The molecule has 0 spiro atoms. The quantitative estimate of drug-likeness (QED) is 0.792. The Kier molecular flexibility index (Phi) is 3.79. The summed E-state index contributed by atoms with van der Waals surface area (Å²) < 4.78 is 4.91. The summed E-state index contributed by atoms with van der Waals surface area (Å²) in [5, 5.41) is 3.36. The van der Waals surface area contributed by atoms with Gasteiger partial charge in [-0.3, -0.25) is 4.79 Å². The van der Waals surface area contributed by atoms with Crippen molar-refractivity contribution < 1.29 is 9.53 Å². The Bertz CT molecular complexity index is 403. The SMILES string of the molecule is COC(=O)[C@H]1CCNC[C@@H]1c1ccccc1C. The number of piperidine rings is 1. The number of hydrogen-bond acceptors (Lipinski definition) is 3. The Hall–Kier alpha value is -1.35. The number of rotatable bonds is 2. The van der Waals surface area contributed by atoms with Gasteiger partial charge in [0.25, 0.3) is 0 Å². The topological polar surface area (TPSA) is 38.3 Å². The van der Waals surface area contributed by atoms with E-state index in [1.165, 1.54) is 18.2 Å². The first kappa shape index (κ1) is 12.1. The molecule has 17 heavy (non-hydrogen) atoms. The van der Waals surface area contributed by atoms with Gasteiger partial charge in [0.2, 0.25) is 0 Å². The van der Waals surface area contributed by atoms with Gasteiger partial charge in [-0.15, -0.1) is 0 Å². The average Bonchev–Trinajstić information content (AvgIpc) is 2.38. The lowest BCUT2D eigenvalue weighted by atomic mass is 9.80. The molecule has 1 N–H and O–H groups in total. The molecule has 1 aliphatic heterocycles. The van der Waals surface area contributed by atoms with Crippen molar-refractivity contribution in [3.8, 4) is 0 Å². The van der Waals surface area contributed by atoms with E-state index in [4.69, 9.17) is 4.74 Å². The minimum atomic E-state index is -0.0836. The highest BCUT2D eigenvalue weighted by Crippen LogP contribution is 2.31. The second kappa shape index (κ2) is 5.32. The molecule has 0 radical (unpaired) electrons. The van der Waals surface area contributed by atoms with Crippen LogP contribution in [-0.4, -0.2) is 26.2 Å². The predicted octanol–water partition coefficient (Wildman–Crippen LogP) is 1.86. The van der Waals surface area contributed by atoms with Gasteiger partial charge in [-0.1, -0.05) is 24.3 Å². The third kappa shape index (κ3) is 2.50. The molecule has 0 amide bonds. The van der Waals surface area contributed by atoms with Crippen molar-refractivity contribution >= 4 is 5.97 Å². The molecule has 2 rings (SSSR count). The molecule has 92 valence electrons. The van der Waals surface area contributed by atoms with E-state index in [9.17, 15) is 4.79 Å². The third-order valence-corrected chi connectivity index (χ3v) is 3.57. The first-order valence-corrected chi connectivity index (χ1v) is 6.08. The van der Waals surface area contributed by atoms with Crippen LogP contribution in [0, 0.1) is 12.8 Å². The van der Waals surface area contributed by atoms with Crippen LogP contribution in [0.1, 0.15) is 23.5 Å².